The summed E-state index contributed by atoms with van der Waals surface area (Å²) < 4.78 is 5.38. The topological polar surface area (TPSA) is 120 Å². The van der Waals surface area contributed by atoms with E-state index in [1.807, 2.05) is 25.1 Å². The number of fused-ring (bicyclic) bond motifs is 2. The maximum Gasteiger partial charge on any atom is 0.273 e. The molecule has 1 aliphatic heterocycles. The monoisotopic (exact) mass is 461 g/mol. The highest BCUT2D eigenvalue weighted by molar-refractivity contribution is 6.36. The van der Waals surface area contributed by atoms with Gasteiger partial charge in [-0.2, -0.15) is 5.26 Å². The lowest BCUT2D eigenvalue weighted by atomic mass is 10.0. The summed E-state index contributed by atoms with van der Waals surface area (Å²) in [7, 11) is 0. The number of rotatable bonds is 4. The lowest BCUT2D eigenvalue weighted by molar-refractivity contribution is 0.0300. The van der Waals surface area contributed by atoms with Gasteiger partial charge in [0.05, 0.1) is 40.9 Å². The molecule has 5 rings (SSSR count). The zero-order chi connectivity index (χ0) is 22.9. The van der Waals surface area contributed by atoms with Crippen LogP contribution in [0.25, 0.3) is 21.8 Å². The van der Waals surface area contributed by atoms with Crippen LogP contribution in [-0.4, -0.2) is 57.0 Å². The number of nitrogens with one attached hydrogen (secondary N) is 2. The fourth-order valence-electron chi connectivity index (χ4n) is 4.02. The molecular weight excluding hydrogens is 442 g/mol. The Morgan fingerprint density at radius 2 is 2.12 bits per heavy atom. The first-order valence-electron chi connectivity index (χ1n) is 10.5. The van der Waals surface area contributed by atoms with Crippen LogP contribution in [-0.2, 0) is 4.74 Å². The first-order chi connectivity index (χ1) is 16.1. The molecule has 0 bridgehead atoms. The van der Waals surface area contributed by atoms with Crippen molar-refractivity contribution >= 4 is 45.1 Å². The van der Waals surface area contributed by atoms with Gasteiger partial charge >= 0.3 is 0 Å². The van der Waals surface area contributed by atoms with E-state index in [0.717, 1.165) is 5.39 Å². The molecule has 1 fully saturated rings. The largest absolute Gasteiger partial charge is 0.378 e. The van der Waals surface area contributed by atoms with Crippen molar-refractivity contribution < 1.29 is 9.53 Å². The molecule has 1 amide bonds. The van der Waals surface area contributed by atoms with Crippen molar-refractivity contribution in [2.75, 3.05) is 31.6 Å². The predicted octanol–water partition coefficient (Wildman–Crippen LogP) is 3.68. The number of nitrogens with zero attached hydrogens (tertiary/aromatic N) is 5. The molecular formula is C23H20ClN7O2. The molecule has 0 aliphatic carbocycles. The maximum absolute atomic E-state index is 13.4. The number of aromatic amines is 1. The van der Waals surface area contributed by atoms with Crippen LogP contribution in [0.2, 0.25) is 5.02 Å². The summed E-state index contributed by atoms with van der Waals surface area (Å²) in [4.78, 5) is 31.4. The second-order valence-corrected chi connectivity index (χ2v) is 8.17. The molecule has 9 nitrogen and oxygen atoms in total. The van der Waals surface area contributed by atoms with Crippen LogP contribution in [0.15, 0.2) is 36.8 Å². The van der Waals surface area contributed by atoms with Gasteiger partial charge in [-0.3, -0.25) is 4.79 Å². The van der Waals surface area contributed by atoms with E-state index in [1.54, 1.807) is 17.2 Å². The molecule has 4 heterocycles. The quantitative estimate of drug-likeness (QED) is 0.475. The molecule has 2 N–H and O–H groups in total. The van der Waals surface area contributed by atoms with Crippen molar-refractivity contribution in [3.63, 3.8) is 0 Å². The molecule has 10 heteroatoms. The third-order valence-electron chi connectivity index (χ3n) is 5.71. The lowest BCUT2D eigenvalue weighted by Crippen LogP contribution is -2.41. The van der Waals surface area contributed by atoms with Crippen molar-refractivity contribution in [3.8, 4) is 6.07 Å². The number of amides is 1. The Bertz CT molecular complexity index is 1410. The van der Waals surface area contributed by atoms with E-state index < -0.39 is 0 Å². The average Bonchev–Trinajstić information content (AvgIpc) is 3.28. The normalized spacial score (nSPS) is 14.9. The molecule has 33 heavy (non-hydrogen) atoms. The molecule has 0 saturated carbocycles. The van der Waals surface area contributed by atoms with Crippen LogP contribution < -0.4 is 5.32 Å². The fraction of sp³-hybridized carbons (Fsp3) is 0.261. The van der Waals surface area contributed by atoms with E-state index in [1.165, 1.54) is 6.33 Å². The van der Waals surface area contributed by atoms with Crippen LogP contribution in [0, 0.1) is 11.3 Å². The Hall–Kier alpha value is -3.74. The van der Waals surface area contributed by atoms with Crippen molar-refractivity contribution in [3.05, 3.63) is 58.8 Å². The van der Waals surface area contributed by atoms with Crippen molar-refractivity contribution in [1.82, 2.24) is 24.8 Å². The summed E-state index contributed by atoms with van der Waals surface area (Å²) in [5, 5.41) is 15.3. The molecule has 0 radical (unpaired) electrons. The summed E-state index contributed by atoms with van der Waals surface area (Å²) >= 11 is 6.49. The minimum Gasteiger partial charge on any atom is -0.378 e. The highest BCUT2D eigenvalue weighted by Gasteiger charge is 2.25. The Kier molecular flexibility index (Phi) is 5.54. The van der Waals surface area contributed by atoms with Crippen molar-refractivity contribution in [1.29, 1.82) is 5.26 Å². The highest BCUT2D eigenvalue weighted by Crippen LogP contribution is 2.31. The van der Waals surface area contributed by atoms with E-state index in [0.29, 0.717) is 70.5 Å². The van der Waals surface area contributed by atoms with Gasteiger partial charge in [0.1, 0.15) is 29.6 Å². The second-order valence-electron chi connectivity index (χ2n) is 7.76. The number of carbonyl (C=O) groups is 1. The molecule has 0 unspecified atom stereocenters. The molecule has 3 aromatic heterocycles. The number of hydrogen-bond donors (Lipinski definition) is 2. The fourth-order valence-corrected chi connectivity index (χ4v) is 4.29. The number of nitriles is 1. The standard InChI is InChI=1S/C23H20ClN7O2/c1-13(29-22-19-15(10-25)11-26-21(19)27-12-28-22)17-9-14-3-2-4-16(24)18(14)20(30-17)23(32)31-5-7-33-8-6-31/h2-4,9,11-13H,5-8H2,1H3,(H2,26,27,28,29)/t13-/m0/s1. The van der Waals surface area contributed by atoms with Crippen LogP contribution in [0.5, 0.6) is 0 Å². The number of halogens is 1. The van der Waals surface area contributed by atoms with E-state index in [2.05, 4.69) is 26.3 Å². The number of carbonyl (C=O) groups excluding carboxylic acids is 1. The number of hydrogen-bond acceptors (Lipinski definition) is 7. The third-order valence-corrected chi connectivity index (χ3v) is 6.03. The van der Waals surface area contributed by atoms with Gasteiger partial charge in [-0.1, -0.05) is 23.7 Å². The smallest absolute Gasteiger partial charge is 0.273 e. The van der Waals surface area contributed by atoms with Crippen LogP contribution in [0.3, 0.4) is 0 Å². The predicted molar refractivity (Wildman–Crippen MR) is 124 cm³/mol. The zero-order valence-corrected chi connectivity index (χ0v) is 18.6. The lowest BCUT2D eigenvalue weighted by Gasteiger charge is -2.27. The summed E-state index contributed by atoms with van der Waals surface area (Å²) in [5.74, 6) is 0.339. The van der Waals surface area contributed by atoms with Crippen molar-refractivity contribution in [2.24, 2.45) is 0 Å². The van der Waals surface area contributed by atoms with E-state index >= 15 is 0 Å². The van der Waals surface area contributed by atoms with Gasteiger partial charge in [0.15, 0.2) is 0 Å². The Morgan fingerprint density at radius 3 is 2.91 bits per heavy atom. The number of ether oxygens (including phenoxy) is 1. The molecule has 166 valence electrons. The summed E-state index contributed by atoms with van der Waals surface area (Å²) in [5.41, 5.74) is 1.98. The van der Waals surface area contributed by atoms with Gasteiger partial charge in [0.25, 0.3) is 5.91 Å². The summed E-state index contributed by atoms with van der Waals surface area (Å²) in [6.07, 6.45) is 3.03. The van der Waals surface area contributed by atoms with E-state index in [9.17, 15) is 10.1 Å². The van der Waals surface area contributed by atoms with Gasteiger partial charge in [-0.05, 0) is 24.4 Å². The van der Waals surface area contributed by atoms with Crippen LogP contribution in [0.4, 0.5) is 5.82 Å². The first-order valence-corrected chi connectivity index (χ1v) is 10.9. The first kappa shape index (κ1) is 21.1. The number of pyridine rings is 1. The zero-order valence-electron chi connectivity index (χ0n) is 17.8. The van der Waals surface area contributed by atoms with Gasteiger partial charge in [-0.15, -0.1) is 0 Å². The second kappa shape index (κ2) is 8.65. The Balaban J connectivity index is 1.57. The molecule has 1 saturated heterocycles. The third kappa shape index (κ3) is 3.84. The minimum absolute atomic E-state index is 0.174. The molecule has 4 aromatic rings. The highest BCUT2D eigenvalue weighted by atomic mass is 35.5. The minimum atomic E-state index is -0.316. The van der Waals surface area contributed by atoms with E-state index in [4.69, 9.17) is 21.3 Å². The number of aromatic nitrogens is 4. The average molecular weight is 462 g/mol. The van der Waals surface area contributed by atoms with Gasteiger partial charge in [-0.25, -0.2) is 15.0 Å². The number of benzene rings is 1. The Labute approximate surface area is 194 Å². The van der Waals surface area contributed by atoms with Crippen LogP contribution >= 0.6 is 11.6 Å². The van der Waals surface area contributed by atoms with Crippen molar-refractivity contribution in [2.45, 2.75) is 13.0 Å². The summed E-state index contributed by atoms with van der Waals surface area (Å²) in [6, 6.07) is 9.27. The number of anilines is 1. The SMILES string of the molecule is C[C@H](Nc1ncnc2[nH]cc(C#N)c12)c1cc2cccc(Cl)c2c(C(=O)N2CCOCC2)n1. The number of H-pyrrole nitrogens is 1. The molecule has 1 aromatic carbocycles. The van der Waals surface area contributed by atoms with E-state index in [-0.39, 0.29) is 11.9 Å². The molecule has 1 aliphatic rings. The Morgan fingerprint density at radius 1 is 1.30 bits per heavy atom. The van der Waals surface area contributed by atoms with Gasteiger partial charge in [0.2, 0.25) is 0 Å². The van der Waals surface area contributed by atoms with Crippen LogP contribution in [0.1, 0.15) is 34.7 Å². The molecule has 1 atom stereocenters. The summed E-state index contributed by atoms with van der Waals surface area (Å²) in [6.45, 7) is 3.93. The number of morpholine rings is 1. The van der Waals surface area contributed by atoms with Gasteiger partial charge < -0.3 is 19.9 Å². The molecule has 0 spiro atoms. The maximum atomic E-state index is 13.4. The van der Waals surface area contributed by atoms with Gasteiger partial charge in [0, 0.05) is 24.7 Å².